The molecule has 0 atom stereocenters. The van der Waals surface area contributed by atoms with Crippen molar-refractivity contribution in [2.24, 2.45) is 5.10 Å². The van der Waals surface area contributed by atoms with Gasteiger partial charge in [-0.15, -0.1) is 0 Å². The van der Waals surface area contributed by atoms with Crippen LogP contribution in [-0.2, 0) is 12.0 Å². The van der Waals surface area contributed by atoms with Crippen LogP contribution in [0.5, 0.6) is 5.75 Å². The number of benzene rings is 3. The molecule has 0 bridgehead atoms. The Labute approximate surface area is 257 Å². The second-order valence-electron chi connectivity index (χ2n) is 10.9. The Balaban J connectivity index is 1.43. The van der Waals surface area contributed by atoms with E-state index in [-0.39, 0.29) is 5.56 Å². The van der Waals surface area contributed by atoms with Crippen LogP contribution in [0, 0.1) is 13.8 Å². The van der Waals surface area contributed by atoms with Gasteiger partial charge in [0.2, 0.25) is 0 Å². The Kier molecular flexibility index (Phi) is 8.15. The minimum atomic E-state index is -0.392. The van der Waals surface area contributed by atoms with Gasteiger partial charge < -0.3 is 9.30 Å². The van der Waals surface area contributed by atoms with Gasteiger partial charge in [-0.25, -0.2) is 4.98 Å². The largest absolute Gasteiger partial charge is 0.489 e. The molecule has 0 N–H and O–H groups in total. The van der Waals surface area contributed by atoms with Crippen molar-refractivity contribution in [1.29, 1.82) is 0 Å². The fraction of sp³-hybridized carbons (Fsp3) is 0.219. The molecule has 0 spiro atoms. The van der Waals surface area contributed by atoms with Gasteiger partial charge in [0.15, 0.2) is 0 Å². The second-order valence-corrected chi connectivity index (χ2v) is 12.6. The molecular formula is C32H29BrCl2N4O2. The highest BCUT2D eigenvalue weighted by Gasteiger charge is 2.23. The summed E-state index contributed by atoms with van der Waals surface area (Å²) >= 11 is 15.7. The molecule has 210 valence electrons. The number of hydrogen-bond donors (Lipinski definition) is 0. The Bertz CT molecular complexity index is 1850. The van der Waals surface area contributed by atoms with Crippen LogP contribution in [0.2, 0.25) is 10.0 Å². The molecule has 9 heteroatoms. The molecule has 5 rings (SSSR count). The first-order valence-corrected chi connectivity index (χ1v) is 14.6. The fourth-order valence-corrected chi connectivity index (χ4v) is 5.49. The molecule has 2 heterocycles. The molecule has 6 nitrogen and oxygen atoms in total. The van der Waals surface area contributed by atoms with Crippen molar-refractivity contribution in [2.75, 3.05) is 0 Å². The molecule has 0 saturated heterocycles. The van der Waals surface area contributed by atoms with Crippen molar-refractivity contribution in [3.63, 3.8) is 0 Å². The third-order valence-electron chi connectivity index (χ3n) is 6.77. The summed E-state index contributed by atoms with van der Waals surface area (Å²) in [5, 5.41) is 6.34. The fourth-order valence-electron chi connectivity index (χ4n) is 4.67. The van der Waals surface area contributed by atoms with E-state index in [0.717, 1.165) is 38.4 Å². The van der Waals surface area contributed by atoms with Crippen LogP contribution in [0.4, 0.5) is 0 Å². The maximum Gasteiger partial charge on any atom is 0.282 e. The Morgan fingerprint density at radius 3 is 2.41 bits per heavy atom. The molecular weight excluding hydrogens is 623 g/mol. The standard InChI is InChI=1S/C32H29BrCl2N4O2/c1-19-14-22(17-36-39-30(40)27-15-23(33)7-13-29(27)37-31(39)32(3,4)5)20(2)38(19)25-9-11-26(12-10-25)41-18-21-6-8-24(34)16-28(21)35/h6-17H,18H2,1-5H3. The lowest BCUT2D eigenvalue weighted by Crippen LogP contribution is -2.29. The van der Waals surface area contributed by atoms with E-state index in [4.69, 9.17) is 32.9 Å². The lowest BCUT2D eigenvalue weighted by Gasteiger charge is -2.20. The summed E-state index contributed by atoms with van der Waals surface area (Å²) in [5.41, 5.74) is 4.84. The van der Waals surface area contributed by atoms with Gasteiger partial charge in [-0.2, -0.15) is 9.78 Å². The zero-order valence-electron chi connectivity index (χ0n) is 23.4. The highest BCUT2D eigenvalue weighted by molar-refractivity contribution is 9.10. The SMILES string of the molecule is Cc1cc(C=Nn2c(C(C)(C)C)nc3ccc(Br)cc3c2=O)c(C)n1-c1ccc(OCc2ccc(Cl)cc2Cl)cc1. The van der Waals surface area contributed by atoms with Crippen LogP contribution in [0.15, 0.2) is 81.1 Å². The van der Waals surface area contributed by atoms with Gasteiger partial charge in [-0.1, -0.05) is 66.0 Å². The van der Waals surface area contributed by atoms with E-state index < -0.39 is 5.41 Å². The van der Waals surface area contributed by atoms with E-state index in [0.29, 0.717) is 33.4 Å². The van der Waals surface area contributed by atoms with E-state index in [1.807, 2.05) is 77.1 Å². The Morgan fingerprint density at radius 2 is 1.73 bits per heavy atom. The third kappa shape index (κ3) is 6.13. The Morgan fingerprint density at radius 1 is 1.00 bits per heavy atom. The first-order valence-electron chi connectivity index (χ1n) is 13.1. The van der Waals surface area contributed by atoms with Gasteiger partial charge >= 0.3 is 0 Å². The van der Waals surface area contributed by atoms with Crippen molar-refractivity contribution in [1.82, 2.24) is 14.2 Å². The van der Waals surface area contributed by atoms with Crippen LogP contribution in [0.3, 0.4) is 0 Å². The number of fused-ring (bicyclic) bond motifs is 1. The van der Waals surface area contributed by atoms with E-state index in [9.17, 15) is 4.79 Å². The molecule has 0 amide bonds. The lowest BCUT2D eigenvalue weighted by atomic mass is 9.95. The summed E-state index contributed by atoms with van der Waals surface area (Å²) in [7, 11) is 0. The predicted molar refractivity (Wildman–Crippen MR) is 171 cm³/mol. The highest BCUT2D eigenvalue weighted by Crippen LogP contribution is 2.26. The van der Waals surface area contributed by atoms with Crippen molar-refractivity contribution >= 4 is 56.2 Å². The van der Waals surface area contributed by atoms with Gasteiger partial charge in [0, 0.05) is 48.1 Å². The molecule has 0 aliphatic carbocycles. The zero-order chi connectivity index (χ0) is 29.5. The third-order valence-corrected chi connectivity index (χ3v) is 7.85. The summed E-state index contributed by atoms with van der Waals surface area (Å²) < 4.78 is 10.3. The first kappa shape index (κ1) is 29.1. The highest BCUT2D eigenvalue weighted by atomic mass is 79.9. The average molecular weight is 652 g/mol. The number of rotatable bonds is 6. The number of aromatic nitrogens is 3. The van der Waals surface area contributed by atoms with Crippen LogP contribution < -0.4 is 10.3 Å². The molecule has 41 heavy (non-hydrogen) atoms. The van der Waals surface area contributed by atoms with Crippen molar-refractivity contribution in [3.05, 3.63) is 120 Å². The van der Waals surface area contributed by atoms with E-state index in [1.165, 1.54) is 4.68 Å². The molecule has 0 aliphatic heterocycles. The van der Waals surface area contributed by atoms with E-state index in [1.54, 1.807) is 24.4 Å². The maximum absolute atomic E-state index is 13.5. The average Bonchev–Trinajstić information content (AvgIpc) is 3.20. The second kappa shape index (κ2) is 11.5. The van der Waals surface area contributed by atoms with Crippen molar-refractivity contribution in [2.45, 2.75) is 46.6 Å². The van der Waals surface area contributed by atoms with Gasteiger partial charge in [0.1, 0.15) is 18.2 Å². The molecule has 0 saturated carbocycles. The number of halogens is 3. The normalized spacial score (nSPS) is 12.0. The molecule has 0 unspecified atom stereocenters. The van der Waals surface area contributed by atoms with E-state index >= 15 is 0 Å². The zero-order valence-corrected chi connectivity index (χ0v) is 26.5. The van der Waals surface area contributed by atoms with Crippen LogP contribution >= 0.6 is 39.1 Å². The van der Waals surface area contributed by atoms with Crippen LogP contribution in [0.25, 0.3) is 16.6 Å². The van der Waals surface area contributed by atoms with Crippen molar-refractivity contribution < 1.29 is 4.74 Å². The topological polar surface area (TPSA) is 61.4 Å². The molecule has 0 radical (unpaired) electrons. The summed E-state index contributed by atoms with van der Waals surface area (Å²) in [6.07, 6.45) is 1.73. The minimum Gasteiger partial charge on any atom is -0.489 e. The van der Waals surface area contributed by atoms with Crippen molar-refractivity contribution in [3.8, 4) is 11.4 Å². The number of aryl methyl sites for hydroxylation is 1. The summed E-state index contributed by atoms with van der Waals surface area (Å²) in [4.78, 5) is 18.3. The van der Waals surface area contributed by atoms with Gasteiger partial charge in [0.25, 0.3) is 5.56 Å². The van der Waals surface area contributed by atoms with E-state index in [2.05, 4.69) is 31.7 Å². The first-order chi connectivity index (χ1) is 19.4. The smallest absolute Gasteiger partial charge is 0.282 e. The monoisotopic (exact) mass is 650 g/mol. The summed E-state index contributed by atoms with van der Waals surface area (Å²) in [6, 6.07) is 20.8. The quantitative estimate of drug-likeness (QED) is 0.173. The Hall–Kier alpha value is -3.39. The van der Waals surface area contributed by atoms with Gasteiger partial charge in [0.05, 0.1) is 17.1 Å². The summed E-state index contributed by atoms with van der Waals surface area (Å²) in [5.74, 6) is 1.33. The minimum absolute atomic E-state index is 0.207. The van der Waals surface area contributed by atoms with Gasteiger partial charge in [-0.3, -0.25) is 4.79 Å². The van der Waals surface area contributed by atoms with Crippen LogP contribution in [0.1, 0.15) is 49.1 Å². The molecule has 0 aliphatic rings. The maximum atomic E-state index is 13.5. The molecule has 5 aromatic rings. The molecule has 2 aromatic heterocycles. The summed E-state index contributed by atoms with van der Waals surface area (Å²) in [6.45, 7) is 10.5. The van der Waals surface area contributed by atoms with Crippen LogP contribution in [-0.4, -0.2) is 20.4 Å². The lowest BCUT2D eigenvalue weighted by molar-refractivity contribution is 0.306. The number of nitrogens with zero attached hydrogens (tertiary/aromatic N) is 4. The van der Waals surface area contributed by atoms with Gasteiger partial charge in [-0.05, 0) is 74.5 Å². The number of ether oxygens (including phenoxy) is 1. The predicted octanol–water partition coefficient (Wildman–Crippen LogP) is 8.63. The number of hydrogen-bond acceptors (Lipinski definition) is 4. The molecule has 3 aromatic carbocycles. The molecule has 0 fully saturated rings.